The number of para-hydroxylation sites is 1. The number of nitrogens with zero attached hydrogens (tertiary/aromatic N) is 1. The standard InChI is InChI=1S/C32H42N8O7/c1-16(2)9-22-28(43)36-23(10-18-13-34-21-8-6-5-7-20(18)21)29(44)38-25(12-26(41)42)30(45)37-24(11-19-14-33-15-35-19)31(46)40-27(17(3)4)32(47)39-22/h5-8,13-17,22-25,27,34H,9-12H2,1-4H3,(H,33,35)(H,36,43)(H,37,45)(H,38,44)(H,39,47)(H,40,46)(H,41,42)/t22-,23+,24-,25+,27+/m0/s1. The van der Waals surface area contributed by atoms with E-state index in [-0.39, 0.29) is 25.2 Å². The van der Waals surface area contributed by atoms with E-state index in [1.54, 1.807) is 20.0 Å². The van der Waals surface area contributed by atoms with Crippen molar-refractivity contribution < 1.29 is 33.9 Å². The van der Waals surface area contributed by atoms with Crippen molar-refractivity contribution in [1.29, 1.82) is 0 Å². The molecule has 1 aliphatic rings. The molecular formula is C32H42N8O7. The average molecular weight is 651 g/mol. The summed E-state index contributed by atoms with van der Waals surface area (Å²) in [6, 6.07) is 1.09. The van der Waals surface area contributed by atoms with Crippen molar-refractivity contribution in [2.75, 3.05) is 0 Å². The lowest BCUT2D eigenvalue weighted by Crippen LogP contribution is -2.59. The number of aliphatic carboxylic acids is 1. The number of aromatic amines is 2. The maximum atomic E-state index is 13.8. The lowest BCUT2D eigenvalue weighted by molar-refractivity contribution is -0.141. The van der Waals surface area contributed by atoms with Gasteiger partial charge >= 0.3 is 5.97 Å². The summed E-state index contributed by atoms with van der Waals surface area (Å²) >= 11 is 0. The minimum atomic E-state index is -1.60. The van der Waals surface area contributed by atoms with E-state index in [0.717, 1.165) is 10.9 Å². The number of rotatable bonds is 9. The van der Waals surface area contributed by atoms with Gasteiger partial charge in [0.2, 0.25) is 29.5 Å². The highest BCUT2D eigenvalue weighted by Gasteiger charge is 2.36. The summed E-state index contributed by atoms with van der Waals surface area (Å²) in [5, 5.41) is 23.7. The van der Waals surface area contributed by atoms with Gasteiger partial charge in [0.15, 0.2) is 0 Å². The first-order valence-corrected chi connectivity index (χ1v) is 15.6. The van der Waals surface area contributed by atoms with Crippen LogP contribution in [-0.2, 0) is 41.6 Å². The van der Waals surface area contributed by atoms with E-state index in [1.165, 1.54) is 12.5 Å². The van der Waals surface area contributed by atoms with Crippen LogP contribution in [0.15, 0.2) is 43.0 Å². The fourth-order valence-electron chi connectivity index (χ4n) is 5.51. The molecule has 1 fully saturated rings. The number of fused-ring (bicyclic) bond motifs is 1. The third kappa shape index (κ3) is 9.17. The number of amides is 5. The Morgan fingerprint density at radius 1 is 0.766 bits per heavy atom. The van der Waals surface area contributed by atoms with Crippen molar-refractivity contribution >= 4 is 46.4 Å². The van der Waals surface area contributed by atoms with Gasteiger partial charge in [-0.3, -0.25) is 28.8 Å². The van der Waals surface area contributed by atoms with Crippen LogP contribution >= 0.6 is 0 Å². The SMILES string of the molecule is CC(C)C[C@@H]1NC(=O)[C@@H](C(C)C)NC(=O)[C@H](Cc2cnc[nH]2)NC(=O)[C@@H](CC(=O)O)NC(=O)[C@@H](Cc2c[nH]c3ccccc23)NC1=O. The molecule has 0 saturated carbocycles. The number of hydrogen-bond acceptors (Lipinski definition) is 7. The Hall–Kier alpha value is -5.21. The Balaban J connectivity index is 1.76. The highest BCUT2D eigenvalue weighted by Crippen LogP contribution is 2.20. The first kappa shape index (κ1) is 34.7. The lowest BCUT2D eigenvalue weighted by Gasteiger charge is -2.28. The molecule has 8 N–H and O–H groups in total. The zero-order chi connectivity index (χ0) is 34.2. The number of carbonyl (C=O) groups is 6. The van der Waals surface area contributed by atoms with Crippen LogP contribution in [0.25, 0.3) is 10.9 Å². The van der Waals surface area contributed by atoms with E-state index in [0.29, 0.717) is 11.3 Å². The second kappa shape index (κ2) is 15.4. The molecule has 15 nitrogen and oxygen atoms in total. The Labute approximate surface area is 271 Å². The zero-order valence-electron chi connectivity index (χ0n) is 26.8. The number of aromatic nitrogens is 3. The van der Waals surface area contributed by atoms with Crippen molar-refractivity contribution in [1.82, 2.24) is 41.5 Å². The minimum Gasteiger partial charge on any atom is -0.481 e. The number of benzene rings is 1. The molecule has 47 heavy (non-hydrogen) atoms. The number of imidazole rings is 1. The molecule has 252 valence electrons. The van der Waals surface area contributed by atoms with Gasteiger partial charge in [-0.25, -0.2) is 4.98 Å². The summed E-state index contributed by atoms with van der Waals surface area (Å²) < 4.78 is 0. The van der Waals surface area contributed by atoms with Gasteiger partial charge in [-0.1, -0.05) is 45.9 Å². The minimum absolute atomic E-state index is 0.0115. The smallest absolute Gasteiger partial charge is 0.305 e. The number of carbonyl (C=O) groups excluding carboxylic acids is 5. The van der Waals surface area contributed by atoms with Gasteiger partial charge in [0.1, 0.15) is 30.2 Å². The summed E-state index contributed by atoms with van der Waals surface area (Å²) in [4.78, 5) is 90.2. The molecule has 3 aromatic rings. The first-order chi connectivity index (χ1) is 22.3. The van der Waals surface area contributed by atoms with Crippen LogP contribution in [0.1, 0.15) is 51.8 Å². The highest BCUT2D eigenvalue weighted by molar-refractivity contribution is 5.99. The Kier molecular flexibility index (Phi) is 11.3. The molecule has 0 aliphatic carbocycles. The Morgan fingerprint density at radius 3 is 2.00 bits per heavy atom. The summed E-state index contributed by atoms with van der Waals surface area (Å²) in [5.41, 5.74) is 1.98. The first-order valence-electron chi connectivity index (χ1n) is 15.6. The molecule has 0 spiro atoms. The van der Waals surface area contributed by atoms with E-state index in [9.17, 15) is 33.9 Å². The average Bonchev–Trinajstić information content (AvgIpc) is 3.67. The monoisotopic (exact) mass is 650 g/mol. The summed E-state index contributed by atoms with van der Waals surface area (Å²) in [6.45, 7) is 7.20. The quantitative estimate of drug-likeness (QED) is 0.160. The van der Waals surface area contributed by atoms with Gasteiger partial charge in [-0.15, -0.1) is 0 Å². The highest BCUT2D eigenvalue weighted by atomic mass is 16.4. The number of H-pyrrole nitrogens is 2. The van der Waals surface area contributed by atoms with Gasteiger partial charge in [0.05, 0.1) is 12.7 Å². The molecule has 0 radical (unpaired) electrons. The number of carboxylic acid groups (broad SMARTS) is 1. The molecule has 0 unspecified atom stereocenters. The van der Waals surface area contributed by atoms with E-state index >= 15 is 0 Å². The van der Waals surface area contributed by atoms with E-state index < -0.39 is 78.1 Å². The van der Waals surface area contributed by atoms with E-state index in [2.05, 4.69) is 41.5 Å². The molecule has 4 rings (SSSR count). The molecule has 2 aromatic heterocycles. The van der Waals surface area contributed by atoms with Gasteiger partial charge in [0.25, 0.3) is 0 Å². The second-order valence-electron chi connectivity index (χ2n) is 12.5. The van der Waals surface area contributed by atoms with Crippen molar-refractivity contribution in [2.45, 2.75) is 83.6 Å². The van der Waals surface area contributed by atoms with Crippen LogP contribution in [0.3, 0.4) is 0 Å². The predicted octanol–water partition coefficient (Wildman–Crippen LogP) is 0.291. The second-order valence-corrected chi connectivity index (χ2v) is 12.5. The number of hydrogen-bond donors (Lipinski definition) is 8. The normalized spacial score (nSPS) is 23.4. The number of carboxylic acids is 1. The molecular weight excluding hydrogens is 608 g/mol. The summed E-state index contributed by atoms with van der Waals surface area (Å²) in [5.74, 6) is -5.56. The van der Waals surface area contributed by atoms with Crippen LogP contribution < -0.4 is 26.6 Å². The fraction of sp³-hybridized carbons (Fsp3) is 0.469. The van der Waals surface area contributed by atoms with Crippen molar-refractivity contribution in [3.8, 4) is 0 Å². The van der Waals surface area contributed by atoms with E-state index in [1.807, 2.05) is 38.1 Å². The summed E-state index contributed by atoms with van der Waals surface area (Å²) in [6.07, 6.45) is 3.90. The molecule has 1 aromatic carbocycles. The van der Waals surface area contributed by atoms with Crippen molar-refractivity contribution in [3.63, 3.8) is 0 Å². The third-order valence-corrected chi connectivity index (χ3v) is 7.94. The molecule has 5 amide bonds. The molecule has 0 bridgehead atoms. The third-order valence-electron chi connectivity index (χ3n) is 7.94. The van der Waals surface area contributed by atoms with Crippen LogP contribution in [0.5, 0.6) is 0 Å². The molecule has 15 heteroatoms. The van der Waals surface area contributed by atoms with Crippen LogP contribution in [0.4, 0.5) is 0 Å². The fourth-order valence-corrected chi connectivity index (χ4v) is 5.51. The zero-order valence-corrected chi connectivity index (χ0v) is 26.8. The Morgan fingerprint density at radius 2 is 1.36 bits per heavy atom. The largest absolute Gasteiger partial charge is 0.481 e. The van der Waals surface area contributed by atoms with Gasteiger partial charge in [-0.05, 0) is 29.9 Å². The van der Waals surface area contributed by atoms with Crippen molar-refractivity contribution in [3.05, 3.63) is 54.2 Å². The van der Waals surface area contributed by atoms with Gasteiger partial charge in [-0.2, -0.15) is 0 Å². The molecule has 5 atom stereocenters. The maximum Gasteiger partial charge on any atom is 0.305 e. The Bertz CT molecular complexity index is 1600. The summed E-state index contributed by atoms with van der Waals surface area (Å²) in [7, 11) is 0. The predicted molar refractivity (Wildman–Crippen MR) is 170 cm³/mol. The maximum absolute atomic E-state index is 13.8. The van der Waals surface area contributed by atoms with Crippen LogP contribution in [-0.4, -0.2) is 85.8 Å². The lowest BCUT2D eigenvalue weighted by atomic mass is 9.98. The molecule has 3 heterocycles. The van der Waals surface area contributed by atoms with Crippen molar-refractivity contribution in [2.24, 2.45) is 11.8 Å². The number of nitrogens with one attached hydrogen (secondary N) is 7. The van der Waals surface area contributed by atoms with Gasteiger partial charge in [0, 0.05) is 41.8 Å². The van der Waals surface area contributed by atoms with Gasteiger partial charge < -0.3 is 41.7 Å². The van der Waals surface area contributed by atoms with E-state index in [4.69, 9.17) is 0 Å². The molecule has 1 aliphatic heterocycles. The van der Waals surface area contributed by atoms with Crippen LogP contribution in [0.2, 0.25) is 0 Å². The van der Waals surface area contributed by atoms with Crippen LogP contribution in [0, 0.1) is 11.8 Å². The topological polar surface area (TPSA) is 227 Å². The molecule has 1 saturated heterocycles.